The van der Waals surface area contributed by atoms with Gasteiger partial charge in [-0.25, -0.2) is 0 Å². The molecule has 0 fully saturated rings. The first kappa shape index (κ1) is 10.8. The van der Waals surface area contributed by atoms with Gasteiger partial charge in [0.25, 0.3) is 0 Å². The summed E-state index contributed by atoms with van der Waals surface area (Å²) in [7, 11) is 0. The molecule has 0 spiro atoms. The van der Waals surface area contributed by atoms with Gasteiger partial charge in [-0.3, -0.25) is 9.59 Å². The molecule has 1 aromatic carbocycles. The summed E-state index contributed by atoms with van der Waals surface area (Å²) in [5, 5.41) is 2.53. The molecule has 15 heavy (non-hydrogen) atoms. The highest BCUT2D eigenvalue weighted by molar-refractivity contribution is 6.30. The third-order valence-corrected chi connectivity index (χ3v) is 1.59. The minimum Gasteiger partial charge on any atom is -0.361 e. The second-order valence-corrected chi connectivity index (χ2v) is 2.80. The minimum absolute atomic E-state index is 0.334. The Morgan fingerprint density at radius 2 is 2.00 bits per heavy atom. The molecule has 0 aliphatic rings. The molecule has 1 aromatic rings. The van der Waals surface area contributed by atoms with Crippen LogP contribution >= 0.6 is 0 Å². The lowest BCUT2D eigenvalue weighted by Gasteiger charge is -2.01. The summed E-state index contributed by atoms with van der Waals surface area (Å²) in [6, 6.07) is 8.78. The van der Waals surface area contributed by atoms with E-state index >= 15 is 0 Å². The molecule has 1 N–H and O–H groups in total. The van der Waals surface area contributed by atoms with E-state index in [1.807, 2.05) is 6.07 Å². The van der Waals surface area contributed by atoms with Crippen molar-refractivity contribution in [3.05, 3.63) is 35.9 Å². The molecule has 0 heterocycles. The van der Waals surface area contributed by atoms with Gasteiger partial charge in [-0.15, -0.1) is 0 Å². The molecule has 5 heteroatoms. The van der Waals surface area contributed by atoms with Gasteiger partial charge in [0, 0.05) is 5.69 Å². The van der Waals surface area contributed by atoms with E-state index in [1.165, 1.54) is 0 Å². The van der Waals surface area contributed by atoms with Crippen LogP contribution in [-0.2, 0) is 9.59 Å². The van der Waals surface area contributed by atoms with E-state index < -0.39 is 11.7 Å². The lowest BCUT2D eigenvalue weighted by atomic mass is 10.2. The van der Waals surface area contributed by atoms with Crippen molar-refractivity contribution >= 4 is 23.6 Å². The Hall–Kier alpha value is -2.26. The van der Waals surface area contributed by atoms with Crippen LogP contribution in [0.15, 0.2) is 30.3 Å². The summed E-state index contributed by atoms with van der Waals surface area (Å²) in [6.45, 7) is 0. The SMILES string of the molecule is [N-]=[N+]=CC(=O)CC(=O)Nc1ccccc1. The van der Waals surface area contributed by atoms with Crippen molar-refractivity contribution < 1.29 is 14.4 Å². The van der Waals surface area contributed by atoms with E-state index in [1.54, 1.807) is 24.3 Å². The van der Waals surface area contributed by atoms with Gasteiger partial charge in [0.2, 0.25) is 11.7 Å². The van der Waals surface area contributed by atoms with Crippen molar-refractivity contribution in [3.63, 3.8) is 0 Å². The molecule has 1 amide bonds. The van der Waals surface area contributed by atoms with Gasteiger partial charge in [-0.05, 0) is 12.1 Å². The maximum atomic E-state index is 11.2. The van der Waals surface area contributed by atoms with E-state index in [-0.39, 0.29) is 6.42 Å². The molecule has 0 saturated carbocycles. The predicted octanol–water partition coefficient (Wildman–Crippen LogP) is 0.885. The van der Waals surface area contributed by atoms with Crippen LogP contribution in [0, 0.1) is 0 Å². The minimum atomic E-state index is -0.550. The summed E-state index contributed by atoms with van der Waals surface area (Å²) in [5.41, 5.74) is 8.68. The average Bonchev–Trinajstić information content (AvgIpc) is 2.19. The highest BCUT2D eigenvalue weighted by Gasteiger charge is 2.10. The van der Waals surface area contributed by atoms with Crippen LogP contribution in [0.3, 0.4) is 0 Å². The molecule has 1 rings (SSSR count). The molecule has 5 nitrogen and oxygen atoms in total. The molecule has 0 radical (unpaired) electrons. The van der Waals surface area contributed by atoms with E-state index in [2.05, 4.69) is 10.1 Å². The quantitative estimate of drug-likeness (QED) is 0.341. The third-order valence-electron chi connectivity index (χ3n) is 1.59. The van der Waals surface area contributed by atoms with E-state index in [0.717, 1.165) is 0 Å². The Morgan fingerprint density at radius 1 is 1.33 bits per heavy atom. The topological polar surface area (TPSA) is 82.6 Å². The molecule has 0 unspecified atom stereocenters. The van der Waals surface area contributed by atoms with Gasteiger partial charge in [0.05, 0.1) is 6.42 Å². The zero-order chi connectivity index (χ0) is 11.1. The van der Waals surface area contributed by atoms with Gasteiger partial charge in [-0.1, -0.05) is 18.2 Å². The molecule has 0 bridgehead atoms. The highest BCUT2D eigenvalue weighted by Crippen LogP contribution is 2.04. The number of ketones is 1. The number of rotatable bonds is 4. The van der Waals surface area contributed by atoms with Crippen LogP contribution in [0.1, 0.15) is 6.42 Å². The number of Topliss-reactive ketones (excluding diaryl/α,β-unsaturated/α-hetero) is 1. The number of anilines is 1. The highest BCUT2D eigenvalue weighted by atomic mass is 16.2. The van der Waals surface area contributed by atoms with Gasteiger partial charge in [0.15, 0.2) is 0 Å². The second-order valence-electron chi connectivity index (χ2n) is 2.80. The van der Waals surface area contributed by atoms with Crippen molar-refractivity contribution in [2.45, 2.75) is 6.42 Å². The Kier molecular flexibility index (Phi) is 3.94. The van der Waals surface area contributed by atoms with Gasteiger partial charge in [0.1, 0.15) is 0 Å². The molecule has 76 valence electrons. The molecule has 0 aliphatic carbocycles. The summed E-state index contributed by atoms with van der Waals surface area (Å²) in [6.07, 6.45) is 0.365. The number of nitrogens with one attached hydrogen (secondary N) is 1. The van der Waals surface area contributed by atoms with Gasteiger partial charge >= 0.3 is 6.21 Å². The Labute approximate surface area is 86.3 Å². The standard InChI is InChI=1S/C10H9N3O2/c11-12-7-9(14)6-10(15)13-8-4-2-1-3-5-8/h1-5,7H,6H2,(H,13,15). The smallest absolute Gasteiger partial charge is 0.323 e. The van der Waals surface area contributed by atoms with Gasteiger partial charge in [-0.2, -0.15) is 4.79 Å². The molecule has 0 aliphatic heterocycles. The first-order valence-electron chi connectivity index (χ1n) is 4.27. The van der Waals surface area contributed by atoms with Crippen molar-refractivity contribution in [3.8, 4) is 0 Å². The Balaban J connectivity index is 2.50. The van der Waals surface area contributed by atoms with Gasteiger partial charge < -0.3 is 10.8 Å². The maximum absolute atomic E-state index is 11.2. The monoisotopic (exact) mass is 203 g/mol. The predicted molar refractivity (Wildman–Crippen MR) is 54.4 cm³/mol. The zero-order valence-electron chi connectivity index (χ0n) is 7.88. The van der Waals surface area contributed by atoms with Crippen molar-refractivity contribution in [1.29, 1.82) is 0 Å². The van der Waals surface area contributed by atoms with Crippen LogP contribution < -0.4 is 5.32 Å². The summed E-state index contributed by atoms with van der Waals surface area (Å²) >= 11 is 0. The normalized spacial score (nSPS) is 8.80. The molecule has 0 aromatic heterocycles. The number of nitrogens with zero attached hydrogens (tertiary/aromatic N) is 2. The van der Waals surface area contributed by atoms with Crippen molar-refractivity contribution in [2.75, 3.05) is 5.32 Å². The lowest BCUT2D eigenvalue weighted by Crippen LogP contribution is -2.17. The number of para-hydroxylation sites is 1. The Bertz CT molecular complexity index is 408. The fourth-order valence-electron chi connectivity index (χ4n) is 0.995. The zero-order valence-corrected chi connectivity index (χ0v) is 7.88. The number of hydrogen-bond acceptors (Lipinski definition) is 2. The fraction of sp³-hybridized carbons (Fsp3) is 0.100. The van der Waals surface area contributed by atoms with Crippen molar-refractivity contribution in [1.82, 2.24) is 0 Å². The van der Waals surface area contributed by atoms with Crippen LogP contribution in [-0.4, -0.2) is 22.7 Å². The number of amides is 1. The largest absolute Gasteiger partial charge is 0.361 e. The number of carbonyl (C=O) groups excluding carboxylic acids is 2. The van der Waals surface area contributed by atoms with Crippen molar-refractivity contribution in [2.24, 2.45) is 0 Å². The van der Waals surface area contributed by atoms with Crippen LogP contribution in [0.25, 0.3) is 5.53 Å². The van der Waals surface area contributed by atoms with Crippen LogP contribution in [0.2, 0.25) is 0 Å². The summed E-state index contributed by atoms with van der Waals surface area (Å²) in [5.74, 6) is -0.989. The van der Waals surface area contributed by atoms with E-state index in [0.29, 0.717) is 11.9 Å². The molecular weight excluding hydrogens is 194 g/mol. The fourth-order valence-corrected chi connectivity index (χ4v) is 0.995. The first-order valence-corrected chi connectivity index (χ1v) is 4.27. The van der Waals surface area contributed by atoms with E-state index in [9.17, 15) is 9.59 Å². The second kappa shape index (κ2) is 5.47. The summed E-state index contributed by atoms with van der Waals surface area (Å²) < 4.78 is 0. The number of carbonyl (C=O) groups is 2. The summed E-state index contributed by atoms with van der Waals surface area (Å²) in [4.78, 5) is 24.6. The number of benzene rings is 1. The Morgan fingerprint density at radius 3 is 2.60 bits per heavy atom. The van der Waals surface area contributed by atoms with Crippen LogP contribution in [0.5, 0.6) is 0 Å². The maximum Gasteiger partial charge on any atom is 0.323 e. The molecule has 0 saturated heterocycles. The first-order chi connectivity index (χ1) is 7.22. The third kappa shape index (κ3) is 3.97. The average molecular weight is 203 g/mol. The molecular formula is C10H9N3O2. The lowest BCUT2D eigenvalue weighted by molar-refractivity contribution is -0.123. The number of hydrogen-bond donors (Lipinski definition) is 1. The van der Waals surface area contributed by atoms with Crippen LogP contribution in [0.4, 0.5) is 5.69 Å². The van der Waals surface area contributed by atoms with E-state index in [4.69, 9.17) is 5.53 Å². The molecule has 0 atom stereocenters.